The fraction of sp³-hybridized carbons (Fsp3) is 0.350. The predicted octanol–water partition coefficient (Wildman–Crippen LogP) is 2.05. The van der Waals surface area contributed by atoms with Crippen LogP contribution in [0.2, 0.25) is 0 Å². The van der Waals surface area contributed by atoms with Crippen molar-refractivity contribution in [2.75, 3.05) is 32.1 Å². The molecular formula is C20H26N3O5+. The molecule has 2 aromatic carbocycles. The molecule has 2 aromatic rings. The Morgan fingerprint density at radius 3 is 2.32 bits per heavy atom. The van der Waals surface area contributed by atoms with Gasteiger partial charge in [0, 0.05) is 29.4 Å². The van der Waals surface area contributed by atoms with E-state index in [0.29, 0.717) is 36.9 Å². The third-order valence-electron chi connectivity index (χ3n) is 3.94. The third kappa shape index (κ3) is 6.24. The van der Waals surface area contributed by atoms with Gasteiger partial charge in [0.25, 0.3) is 11.6 Å². The number of carbonyl (C=O) groups is 1. The van der Waals surface area contributed by atoms with Crippen molar-refractivity contribution in [1.29, 1.82) is 0 Å². The maximum absolute atomic E-state index is 12.3. The molecule has 0 fully saturated rings. The molecule has 8 nitrogen and oxygen atoms in total. The van der Waals surface area contributed by atoms with Crippen molar-refractivity contribution >= 4 is 17.3 Å². The largest absolute Gasteiger partial charge is 0.490 e. The lowest BCUT2D eigenvalue weighted by Gasteiger charge is -2.15. The average molecular weight is 388 g/mol. The Morgan fingerprint density at radius 1 is 1.07 bits per heavy atom. The molecular weight excluding hydrogens is 362 g/mol. The Bertz CT molecular complexity index is 808. The SMILES string of the molecule is CCOc1ccc(NC(=O)C[NH+](C)Cc2ccc([N+](=O)[O-])cc2)cc1OCC. The third-order valence-corrected chi connectivity index (χ3v) is 3.94. The van der Waals surface area contributed by atoms with Gasteiger partial charge in [-0.05, 0) is 38.1 Å². The van der Waals surface area contributed by atoms with Crippen LogP contribution in [0, 0.1) is 10.1 Å². The lowest BCUT2D eigenvalue weighted by atomic mass is 10.2. The van der Waals surface area contributed by atoms with E-state index in [4.69, 9.17) is 9.47 Å². The first kappa shape index (κ1) is 21.2. The minimum atomic E-state index is -0.429. The molecule has 0 aliphatic heterocycles. The van der Waals surface area contributed by atoms with E-state index in [2.05, 4.69) is 5.32 Å². The van der Waals surface area contributed by atoms with Crippen molar-refractivity contribution < 1.29 is 24.1 Å². The Kier molecular flexibility index (Phi) is 7.76. The lowest BCUT2D eigenvalue weighted by Crippen LogP contribution is -3.08. The summed E-state index contributed by atoms with van der Waals surface area (Å²) < 4.78 is 11.1. The maximum Gasteiger partial charge on any atom is 0.279 e. The Morgan fingerprint density at radius 2 is 1.71 bits per heavy atom. The number of rotatable bonds is 10. The van der Waals surface area contributed by atoms with E-state index >= 15 is 0 Å². The molecule has 150 valence electrons. The van der Waals surface area contributed by atoms with Gasteiger partial charge in [-0.3, -0.25) is 14.9 Å². The number of likely N-dealkylation sites (N-methyl/N-ethyl adjacent to an activating group) is 1. The number of anilines is 1. The predicted molar refractivity (Wildman–Crippen MR) is 106 cm³/mol. The van der Waals surface area contributed by atoms with Gasteiger partial charge in [-0.15, -0.1) is 0 Å². The second kappa shape index (κ2) is 10.3. The van der Waals surface area contributed by atoms with Crippen LogP contribution in [0.15, 0.2) is 42.5 Å². The Hall–Kier alpha value is -3.13. The van der Waals surface area contributed by atoms with E-state index in [9.17, 15) is 14.9 Å². The summed E-state index contributed by atoms with van der Waals surface area (Å²) >= 11 is 0. The van der Waals surface area contributed by atoms with E-state index in [-0.39, 0.29) is 18.1 Å². The molecule has 0 aliphatic rings. The van der Waals surface area contributed by atoms with E-state index < -0.39 is 4.92 Å². The number of quaternary nitrogens is 1. The molecule has 0 aliphatic carbocycles. The van der Waals surface area contributed by atoms with Crippen LogP contribution in [0.4, 0.5) is 11.4 Å². The summed E-state index contributed by atoms with van der Waals surface area (Å²) in [5, 5.41) is 13.6. The summed E-state index contributed by atoms with van der Waals surface area (Å²) in [5.41, 5.74) is 1.62. The van der Waals surface area contributed by atoms with Gasteiger partial charge in [-0.25, -0.2) is 0 Å². The van der Waals surface area contributed by atoms with Crippen LogP contribution in [0.3, 0.4) is 0 Å². The number of benzene rings is 2. The van der Waals surface area contributed by atoms with Gasteiger partial charge in [0.1, 0.15) is 6.54 Å². The number of nitrogens with one attached hydrogen (secondary N) is 2. The standard InChI is InChI=1S/C20H25N3O5/c1-4-27-18-11-8-16(12-19(18)28-5-2)21-20(24)14-22(3)13-15-6-9-17(10-7-15)23(25)26/h6-12H,4-5,13-14H2,1-3H3,(H,21,24)/p+1. The molecule has 2 N–H and O–H groups in total. The highest BCUT2D eigenvalue weighted by atomic mass is 16.6. The number of nitrogens with zero attached hydrogens (tertiary/aromatic N) is 1. The van der Waals surface area contributed by atoms with Crippen LogP contribution in [0.1, 0.15) is 19.4 Å². The van der Waals surface area contributed by atoms with Crippen LogP contribution in [0.25, 0.3) is 0 Å². The first-order valence-electron chi connectivity index (χ1n) is 9.17. The Labute approximate surface area is 164 Å². The molecule has 0 saturated heterocycles. The minimum Gasteiger partial charge on any atom is -0.490 e. The number of nitro benzene ring substituents is 1. The van der Waals surface area contributed by atoms with E-state index in [1.54, 1.807) is 30.3 Å². The van der Waals surface area contributed by atoms with Crippen LogP contribution >= 0.6 is 0 Å². The van der Waals surface area contributed by atoms with Crippen molar-refractivity contribution in [3.8, 4) is 11.5 Å². The normalized spacial score (nSPS) is 11.5. The lowest BCUT2D eigenvalue weighted by molar-refractivity contribution is -0.885. The molecule has 0 bridgehead atoms. The van der Waals surface area contributed by atoms with Gasteiger partial charge < -0.3 is 19.7 Å². The summed E-state index contributed by atoms with van der Waals surface area (Å²) in [4.78, 5) is 23.6. The van der Waals surface area contributed by atoms with E-state index in [0.717, 1.165) is 10.5 Å². The molecule has 0 saturated carbocycles. The van der Waals surface area contributed by atoms with Crippen molar-refractivity contribution in [3.05, 3.63) is 58.1 Å². The summed E-state index contributed by atoms with van der Waals surface area (Å²) in [7, 11) is 1.89. The minimum absolute atomic E-state index is 0.0553. The zero-order valence-electron chi connectivity index (χ0n) is 16.4. The number of carbonyl (C=O) groups excluding carboxylic acids is 1. The van der Waals surface area contributed by atoms with Gasteiger partial charge in [0.15, 0.2) is 18.0 Å². The molecule has 0 aromatic heterocycles. The summed E-state index contributed by atoms with van der Waals surface area (Å²) in [6.07, 6.45) is 0. The zero-order chi connectivity index (χ0) is 20.5. The number of nitro groups is 1. The molecule has 1 unspecified atom stereocenters. The fourth-order valence-corrected chi connectivity index (χ4v) is 2.75. The number of hydrogen-bond donors (Lipinski definition) is 2. The molecule has 1 atom stereocenters. The molecule has 28 heavy (non-hydrogen) atoms. The smallest absolute Gasteiger partial charge is 0.279 e. The van der Waals surface area contributed by atoms with Gasteiger partial charge in [-0.1, -0.05) is 0 Å². The van der Waals surface area contributed by atoms with Crippen molar-refractivity contribution in [2.24, 2.45) is 0 Å². The van der Waals surface area contributed by atoms with Crippen molar-refractivity contribution in [2.45, 2.75) is 20.4 Å². The van der Waals surface area contributed by atoms with Crippen LogP contribution in [0.5, 0.6) is 11.5 Å². The van der Waals surface area contributed by atoms with E-state index in [1.807, 2.05) is 20.9 Å². The van der Waals surface area contributed by atoms with Crippen molar-refractivity contribution in [3.63, 3.8) is 0 Å². The van der Waals surface area contributed by atoms with E-state index in [1.165, 1.54) is 12.1 Å². The van der Waals surface area contributed by atoms with Crippen LogP contribution in [-0.2, 0) is 11.3 Å². The second-order valence-corrected chi connectivity index (χ2v) is 6.31. The molecule has 1 amide bonds. The highest BCUT2D eigenvalue weighted by molar-refractivity contribution is 5.91. The van der Waals surface area contributed by atoms with Crippen LogP contribution in [-0.4, -0.2) is 37.6 Å². The summed E-state index contributed by atoms with van der Waals surface area (Å²) in [6, 6.07) is 11.7. The van der Waals surface area contributed by atoms with Crippen molar-refractivity contribution in [1.82, 2.24) is 0 Å². The Balaban J connectivity index is 1.93. The first-order chi connectivity index (χ1) is 13.4. The topological polar surface area (TPSA) is 95.1 Å². The number of ether oxygens (including phenoxy) is 2. The second-order valence-electron chi connectivity index (χ2n) is 6.31. The molecule has 0 radical (unpaired) electrons. The fourth-order valence-electron chi connectivity index (χ4n) is 2.75. The average Bonchev–Trinajstić information content (AvgIpc) is 2.64. The quantitative estimate of drug-likeness (QED) is 0.480. The number of amides is 1. The number of non-ortho nitro benzene ring substituents is 1. The molecule has 2 rings (SSSR count). The monoisotopic (exact) mass is 388 g/mol. The van der Waals surface area contributed by atoms with Gasteiger partial charge in [0.05, 0.1) is 25.2 Å². The highest BCUT2D eigenvalue weighted by Crippen LogP contribution is 2.30. The molecule has 0 heterocycles. The zero-order valence-corrected chi connectivity index (χ0v) is 16.4. The van der Waals surface area contributed by atoms with Gasteiger partial charge >= 0.3 is 0 Å². The highest BCUT2D eigenvalue weighted by Gasteiger charge is 2.13. The molecule has 0 spiro atoms. The van der Waals surface area contributed by atoms with Crippen LogP contribution < -0.4 is 19.7 Å². The summed E-state index contributed by atoms with van der Waals surface area (Å²) in [5.74, 6) is 1.10. The maximum atomic E-state index is 12.3. The number of hydrogen-bond acceptors (Lipinski definition) is 5. The first-order valence-corrected chi connectivity index (χ1v) is 9.17. The van der Waals surface area contributed by atoms with Gasteiger partial charge in [0.2, 0.25) is 0 Å². The van der Waals surface area contributed by atoms with Gasteiger partial charge in [-0.2, -0.15) is 0 Å². The summed E-state index contributed by atoms with van der Waals surface area (Å²) in [6.45, 7) is 5.65. The molecule has 8 heteroatoms.